The van der Waals surface area contributed by atoms with Crippen LogP contribution in [-0.2, 0) is 6.54 Å². The van der Waals surface area contributed by atoms with Gasteiger partial charge in [0.2, 0.25) is 0 Å². The minimum absolute atomic E-state index is 0.0859. The maximum Gasteiger partial charge on any atom is 0.119 e. The maximum absolute atomic E-state index is 9.76. The fourth-order valence-corrected chi connectivity index (χ4v) is 1.63. The third-order valence-electron chi connectivity index (χ3n) is 2.58. The first kappa shape index (κ1) is 14.9. The SMILES string of the molecule is CN(CCO)CC(O)COc1cccc(CN)c1. The number of ether oxygens (including phenoxy) is 1. The second kappa shape index (κ2) is 8.05. The summed E-state index contributed by atoms with van der Waals surface area (Å²) < 4.78 is 5.49. The van der Waals surface area contributed by atoms with Gasteiger partial charge < -0.3 is 25.6 Å². The molecule has 1 unspecified atom stereocenters. The average molecular weight is 254 g/mol. The topological polar surface area (TPSA) is 79.0 Å². The van der Waals surface area contributed by atoms with Crippen LogP contribution >= 0.6 is 0 Å². The van der Waals surface area contributed by atoms with Gasteiger partial charge in [0, 0.05) is 19.6 Å². The molecule has 1 rings (SSSR count). The summed E-state index contributed by atoms with van der Waals surface area (Å²) in [6.07, 6.45) is -0.580. The molecule has 0 aliphatic heterocycles. The van der Waals surface area contributed by atoms with E-state index in [0.717, 1.165) is 5.56 Å². The van der Waals surface area contributed by atoms with E-state index < -0.39 is 6.10 Å². The molecule has 0 saturated heterocycles. The second-order valence-corrected chi connectivity index (χ2v) is 4.30. The molecule has 0 aliphatic carbocycles. The van der Waals surface area contributed by atoms with Crippen LogP contribution < -0.4 is 10.5 Å². The Morgan fingerprint density at radius 3 is 2.89 bits per heavy atom. The number of aliphatic hydroxyl groups is 2. The predicted octanol–water partition coefficient (Wildman–Crippen LogP) is -0.191. The molecule has 0 spiro atoms. The van der Waals surface area contributed by atoms with E-state index in [4.69, 9.17) is 15.6 Å². The summed E-state index contributed by atoms with van der Waals surface area (Å²) in [5.41, 5.74) is 6.54. The van der Waals surface area contributed by atoms with Gasteiger partial charge in [-0.2, -0.15) is 0 Å². The highest BCUT2D eigenvalue weighted by Crippen LogP contribution is 2.13. The van der Waals surface area contributed by atoms with E-state index in [-0.39, 0.29) is 13.2 Å². The van der Waals surface area contributed by atoms with Crippen LogP contribution in [0.5, 0.6) is 5.75 Å². The molecular weight excluding hydrogens is 232 g/mol. The molecule has 0 heterocycles. The van der Waals surface area contributed by atoms with Crippen LogP contribution in [0.15, 0.2) is 24.3 Å². The van der Waals surface area contributed by atoms with E-state index in [2.05, 4.69) is 0 Å². The van der Waals surface area contributed by atoms with Crippen molar-refractivity contribution in [2.24, 2.45) is 5.73 Å². The molecule has 0 bridgehead atoms. The Labute approximate surface area is 108 Å². The zero-order valence-corrected chi connectivity index (χ0v) is 10.7. The van der Waals surface area contributed by atoms with E-state index in [0.29, 0.717) is 25.4 Å². The average Bonchev–Trinajstić information content (AvgIpc) is 2.37. The van der Waals surface area contributed by atoms with Gasteiger partial charge >= 0.3 is 0 Å². The molecular formula is C13H22N2O3. The summed E-state index contributed by atoms with van der Waals surface area (Å²) in [5, 5.41) is 18.5. The predicted molar refractivity (Wildman–Crippen MR) is 70.4 cm³/mol. The number of benzene rings is 1. The summed E-state index contributed by atoms with van der Waals surface area (Å²) in [6.45, 7) is 1.79. The lowest BCUT2D eigenvalue weighted by molar-refractivity contribution is 0.0710. The molecule has 4 N–H and O–H groups in total. The highest BCUT2D eigenvalue weighted by atomic mass is 16.5. The molecule has 0 fully saturated rings. The molecule has 1 aromatic carbocycles. The summed E-state index contributed by atoms with van der Waals surface area (Å²) in [4.78, 5) is 1.85. The summed E-state index contributed by atoms with van der Waals surface area (Å²) in [6, 6.07) is 7.51. The lowest BCUT2D eigenvalue weighted by Gasteiger charge is -2.19. The molecule has 1 atom stereocenters. The van der Waals surface area contributed by atoms with E-state index in [1.807, 2.05) is 36.2 Å². The van der Waals surface area contributed by atoms with Crippen LogP contribution in [-0.4, -0.2) is 54.6 Å². The number of aliphatic hydroxyl groups excluding tert-OH is 2. The van der Waals surface area contributed by atoms with Gasteiger partial charge in [-0.3, -0.25) is 0 Å². The van der Waals surface area contributed by atoms with Crippen molar-refractivity contribution in [3.63, 3.8) is 0 Å². The first-order valence-corrected chi connectivity index (χ1v) is 6.05. The van der Waals surface area contributed by atoms with Crippen molar-refractivity contribution in [1.82, 2.24) is 4.90 Å². The Morgan fingerprint density at radius 2 is 2.22 bits per heavy atom. The number of nitrogens with zero attached hydrogens (tertiary/aromatic N) is 1. The molecule has 102 valence electrons. The number of rotatable bonds is 8. The fraction of sp³-hybridized carbons (Fsp3) is 0.538. The lowest BCUT2D eigenvalue weighted by atomic mass is 10.2. The first-order chi connectivity index (χ1) is 8.65. The van der Waals surface area contributed by atoms with Gasteiger partial charge in [-0.05, 0) is 24.7 Å². The van der Waals surface area contributed by atoms with E-state index in [1.54, 1.807) is 0 Å². The largest absolute Gasteiger partial charge is 0.491 e. The first-order valence-electron chi connectivity index (χ1n) is 6.05. The van der Waals surface area contributed by atoms with Gasteiger partial charge in [-0.15, -0.1) is 0 Å². The second-order valence-electron chi connectivity index (χ2n) is 4.30. The third kappa shape index (κ3) is 5.46. The van der Waals surface area contributed by atoms with Crippen molar-refractivity contribution < 1.29 is 14.9 Å². The van der Waals surface area contributed by atoms with Crippen LogP contribution in [0.3, 0.4) is 0 Å². The molecule has 0 saturated carbocycles. The monoisotopic (exact) mass is 254 g/mol. The Balaban J connectivity index is 2.35. The Bertz CT molecular complexity index is 347. The van der Waals surface area contributed by atoms with Crippen LogP contribution in [0.4, 0.5) is 0 Å². The number of hydrogen-bond acceptors (Lipinski definition) is 5. The molecule has 0 aromatic heterocycles. The lowest BCUT2D eigenvalue weighted by Crippen LogP contribution is -2.34. The maximum atomic E-state index is 9.76. The van der Waals surface area contributed by atoms with E-state index in [9.17, 15) is 5.11 Å². The van der Waals surface area contributed by atoms with Crippen molar-refractivity contribution in [2.75, 3.05) is 33.4 Å². The van der Waals surface area contributed by atoms with Crippen LogP contribution in [0.25, 0.3) is 0 Å². The standard InChI is InChI=1S/C13H22N2O3/c1-15(5-6-16)9-12(17)10-18-13-4-2-3-11(7-13)8-14/h2-4,7,12,16-17H,5-6,8-10,14H2,1H3. The van der Waals surface area contributed by atoms with Crippen molar-refractivity contribution in [1.29, 1.82) is 0 Å². The van der Waals surface area contributed by atoms with Crippen LogP contribution in [0.2, 0.25) is 0 Å². The van der Waals surface area contributed by atoms with Crippen molar-refractivity contribution in [3.8, 4) is 5.75 Å². The van der Waals surface area contributed by atoms with E-state index in [1.165, 1.54) is 0 Å². The van der Waals surface area contributed by atoms with Crippen LogP contribution in [0, 0.1) is 0 Å². The molecule has 0 radical (unpaired) electrons. The molecule has 0 aliphatic rings. The van der Waals surface area contributed by atoms with Crippen molar-refractivity contribution >= 4 is 0 Å². The number of hydrogen-bond donors (Lipinski definition) is 3. The van der Waals surface area contributed by atoms with Gasteiger partial charge in [0.25, 0.3) is 0 Å². The van der Waals surface area contributed by atoms with Crippen molar-refractivity contribution in [2.45, 2.75) is 12.6 Å². The van der Waals surface area contributed by atoms with E-state index >= 15 is 0 Å². The van der Waals surface area contributed by atoms with Gasteiger partial charge in [0.05, 0.1) is 6.61 Å². The molecule has 5 heteroatoms. The Hall–Kier alpha value is -1.14. The molecule has 1 aromatic rings. The molecule has 18 heavy (non-hydrogen) atoms. The normalized spacial score (nSPS) is 12.7. The smallest absolute Gasteiger partial charge is 0.119 e. The van der Waals surface area contributed by atoms with Gasteiger partial charge in [-0.1, -0.05) is 12.1 Å². The quantitative estimate of drug-likeness (QED) is 0.599. The molecule has 0 amide bonds. The van der Waals surface area contributed by atoms with Gasteiger partial charge in [-0.25, -0.2) is 0 Å². The summed E-state index contributed by atoms with van der Waals surface area (Å²) >= 11 is 0. The highest BCUT2D eigenvalue weighted by Gasteiger charge is 2.08. The zero-order valence-electron chi connectivity index (χ0n) is 10.7. The summed E-state index contributed by atoms with van der Waals surface area (Å²) in [5.74, 6) is 0.710. The Morgan fingerprint density at radius 1 is 1.44 bits per heavy atom. The van der Waals surface area contributed by atoms with Crippen LogP contribution in [0.1, 0.15) is 5.56 Å². The highest BCUT2D eigenvalue weighted by molar-refractivity contribution is 5.28. The minimum atomic E-state index is -0.580. The summed E-state index contributed by atoms with van der Waals surface area (Å²) in [7, 11) is 1.84. The van der Waals surface area contributed by atoms with Gasteiger partial charge in [0.15, 0.2) is 0 Å². The van der Waals surface area contributed by atoms with Crippen molar-refractivity contribution in [3.05, 3.63) is 29.8 Å². The Kier molecular flexibility index (Phi) is 6.67. The third-order valence-corrected chi connectivity index (χ3v) is 2.58. The van der Waals surface area contributed by atoms with Gasteiger partial charge in [0.1, 0.15) is 18.5 Å². The number of likely N-dealkylation sites (N-methyl/N-ethyl adjacent to an activating group) is 1. The molecule has 5 nitrogen and oxygen atoms in total. The fourth-order valence-electron chi connectivity index (χ4n) is 1.63. The minimum Gasteiger partial charge on any atom is -0.491 e. The number of nitrogens with two attached hydrogens (primary N) is 1. The zero-order chi connectivity index (χ0) is 13.4.